The normalized spacial score (nSPS) is 21.0. The maximum Gasteiger partial charge on any atom is 0.401 e. The average Bonchev–Trinajstić information content (AvgIpc) is 2.41. The van der Waals surface area contributed by atoms with Gasteiger partial charge in [-0.15, -0.1) is 0 Å². The van der Waals surface area contributed by atoms with Gasteiger partial charge in [0.05, 0.1) is 12.1 Å². The van der Waals surface area contributed by atoms with E-state index in [1.54, 1.807) is 19.1 Å². The van der Waals surface area contributed by atoms with E-state index < -0.39 is 18.7 Å². The number of hydrogen-bond acceptors (Lipinski definition) is 3. The molecule has 1 fully saturated rings. The Hall–Kier alpha value is -1.60. The van der Waals surface area contributed by atoms with Gasteiger partial charge in [-0.1, -0.05) is 12.1 Å². The first-order chi connectivity index (χ1) is 10.2. The van der Waals surface area contributed by atoms with Crippen molar-refractivity contribution in [1.82, 2.24) is 9.80 Å². The largest absolute Gasteiger partial charge is 0.478 e. The van der Waals surface area contributed by atoms with Crippen molar-refractivity contribution in [3.05, 3.63) is 35.4 Å². The zero-order chi connectivity index (χ0) is 16.3. The number of nitrogens with zero attached hydrogens (tertiary/aromatic N) is 2. The summed E-state index contributed by atoms with van der Waals surface area (Å²) in [5, 5.41) is 8.97. The molecule has 1 atom stereocenters. The highest BCUT2D eigenvalue weighted by Crippen LogP contribution is 2.21. The van der Waals surface area contributed by atoms with E-state index in [-0.39, 0.29) is 11.6 Å². The number of piperazine rings is 1. The van der Waals surface area contributed by atoms with Crippen molar-refractivity contribution in [2.24, 2.45) is 0 Å². The average molecular weight is 316 g/mol. The zero-order valence-corrected chi connectivity index (χ0v) is 12.3. The van der Waals surface area contributed by atoms with Gasteiger partial charge in [0.1, 0.15) is 0 Å². The van der Waals surface area contributed by atoms with Gasteiger partial charge < -0.3 is 5.11 Å². The molecule has 1 aromatic carbocycles. The molecule has 0 radical (unpaired) electrons. The summed E-state index contributed by atoms with van der Waals surface area (Å²) < 4.78 is 37.4. The lowest BCUT2D eigenvalue weighted by Crippen LogP contribution is -2.53. The van der Waals surface area contributed by atoms with Crippen LogP contribution in [0, 0.1) is 0 Å². The Morgan fingerprint density at radius 3 is 2.68 bits per heavy atom. The number of hydrogen-bond donors (Lipinski definition) is 1. The first-order valence-electron chi connectivity index (χ1n) is 7.10. The number of alkyl halides is 3. The Morgan fingerprint density at radius 2 is 2.09 bits per heavy atom. The van der Waals surface area contributed by atoms with Crippen LogP contribution in [-0.4, -0.2) is 59.3 Å². The summed E-state index contributed by atoms with van der Waals surface area (Å²) in [7, 11) is 0. The minimum atomic E-state index is -4.17. The van der Waals surface area contributed by atoms with Crippen LogP contribution in [0.15, 0.2) is 24.3 Å². The number of carboxylic acids is 1. The molecule has 2 rings (SSSR count). The lowest BCUT2D eigenvalue weighted by Gasteiger charge is -2.40. The van der Waals surface area contributed by atoms with E-state index in [1.807, 2.05) is 6.07 Å². The Bertz CT molecular complexity index is 534. The van der Waals surface area contributed by atoms with Crippen LogP contribution in [0.4, 0.5) is 13.2 Å². The van der Waals surface area contributed by atoms with Gasteiger partial charge in [-0.2, -0.15) is 13.2 Å². The summed E-state index contributed by atoms with van der Waals surface area (Å²) in [6, 6.07) is 6.46. The lowest BCUT2D eigenvalue weighted by atomic mass is 10.1. The van der Waals surface area contributed by atoms with Crippen molar-refractivity contribution in [3.63, 3.8) is 0 Å². The number of benzene rings is 1. The van der Waals surface area contributed by atoms with Crippen LogP contribution >= 0.6 is 0 Å². The second-order valence-corrected chi connectivity index (χ2v) is 5.68. The molecule has 0 bridgehead atoms. The highest BCUT2D eigenvalue weighted by atomic mass is 19.4. The highest BCUT2D eigenvalue weighted by Gasteiger charge is 2.34. The molecular weight excluding hydrogens is 297 g/mol. The van der Waals surface area contributed by atoms with Crippen LogP contribution in [-0.2, 0) is 6.54 Å². The highest BCUT2D eigenvalue weighted by molar-refractivity contribution is 5.87. The molecule has 1 aliphatic rings. The third-order valence-electron chi connectivity index (χ3n) is 3.81. The Labute approximate surface area is 127 Å². The van der Waals surface area contributed by atoms with Crippen LogP contribution in [0.5, 0.6) is 0 Å². The molecule has 4 nitrogen and oxygen atoms in total. The molecule has 0 aliphatic carbocycles. The standard InChI is InChI=1S/C15H19F3N2O2/c1-11-8-19(5-6-20(11)10-15(16,17)18)9-12-3-2-4-13(7-12)14(21)22/h2-4,7,11H,5-6,8-10H2,1H3,(H,21,22). The SMILES string of the molecule is CC1CN(Cc2cccc(C(=O)O)c2)CCN1CC(F)(F)F. The topological polar surface area (TPSA) is 43.8 Å². The van der Waals surface area contributed by atoms with E-state index in [0.717, 1.165) is 5.56 Å². The van der Waals surface area contributed by atoms with Gasteiger partial charge >= 0.3 is 12.1 Å². The molecule has 0 aromatic heterocycles. The second kappa shape index (κ2) is 6.66. The number of carbonyl (C=O) groups is 1. The Balaban J connectivity index is 1.94. The molecule has 1 unspecified atom stereocenters. The van der Waals surface area contributed by atoms with E-state index in [1.165, 1.54) is 11.0 Å². The molecule has 1 N–H and O–H groups in total. The van der Waals surface area contributed by atoms with Gasteiger partial charge in [0.15, 0.2) is 0 Å². The summed E-state index contributed by atoms with van der Waals surface area (Å²) in [4.78, 5) is 14.4. The minimum Gasteiger partial charge on any atom is -0.478 e. The Kier molecular flexibility index (Phi) is 5.08. The molecule has 122 valence electrons. The molecule has 7 heteroatoms. The molecule has 22 heavy (non-hydrogen) atoms. The van der Waals surface area contributed by atoms with Gasteiger partial charge in [0.2, 0.25) is 0 Å². The Morgan fingerprint density at radius 1 is 1.36 bits per heavy atom. The molecule has 0 saturated carbocycles. The molecule has 1 aromatic rings. The van der Waals surface area contributed by atoms with Crippen LogP contribution in [0.1, 0.15) is 22.8 Å². The van der Waals surface area contributed by atoms with Crippen molar-refractivity contribution >= 4 is 5.97 Å². The third-order valence-corrected chi connectivity index (χ3v) is 3.81. The summed E-state index contributed by atoms with van der Waals surface area (Å²) in [6.45, 7) is 2.89. The number of halogens is 3. The van der Waals surface area contributed by atoms with Crippen molar-refractivity contribution < 1.29 is 23.1 Å². The van der Waals surface area contributed by atoms with Crippen molar-refractivity contribution in [3.8, 4) is 0 Å². The van der Waals surface area contributed by atoms with Crippen LogP contribution in [0.2, 0.25) is 0 Å². The van der Waals surface area contributed by atoms with Gasteiger partial charge in [-0.05, 0) is 24.6 Å². The number of aromatic carboxylic acids is 1. The zero-order valence-electron chi connectivity index (χ0n) is 12.3. The lowest BCUT2D eigenvalue weighted by molar-refractivity contribution is -0.155. The van der Waals surface area contributed by atoms with Crippen molar-refractivity contribution in [2.45, 2.75) is 25.7 Å². The van der Waals surface area contributed by atoms with Crippen molar-refractivity contribution in [2.75, 3.05) is 26.2 Å². The first kappa shape index (κ1) is 16.8. The monoisotopic (exact) mass is 316 g/mol. The van der Waals surface area contributed by atoms with E-state index in [2.05, 4.69) is 4.90 Å². The molecule has 1 heterocycles. The van der Waals surface area contributed by atoms with E-state index in [0.29, 0.717) is 26.2 Å². The fourth-order valence-electron chi connectivity index (χ4n) is 2.74. The van der Waals surface area contributed by atoms with E-state index >= 15 is 0 Å². The smallest absolute Gasteiger partial charge is 0.401 e. The van der Waals surface area contributed by atoms with Crippen LogP contribution in [0.25, 0.3) is 0 Å². The molecular formula is C15H19F3N2O2. The van der Waals surface area contributed by atoms with Gasteiger partial charge in [-0.3, -0.25) is 9.80 Å². The predicted octanol–water partition coefficient (Wildman–Crippen LogP) is 2.45. The van der Waals surface area contributed by atoms with E-state index in [4.69, 9.17) is 5.11 Å². The minimum absolute atomic E-state index is 0.182. The molecule has 0 spiro atoms. The van der Waals surface area contributed by atoms with Gasteiger partial charge in [-0.25, -0.2) is 4.79 Å². The third kappa shape index (κ3) is 4.71. The number of carboxylic acid groups (broad SMARTS) is 1. The van der Waals surface area contributed by atoms with Crippen LogP contribution in [0.3, 0.4) is 0 Å². The van der Waals surface area contributed by atoms with Crippen LogP contribution < -0.4 is 0 Å². The fourth-order valence-corrected chi connectivity index (χ4v) is 2.74. The van der Waals surface area contributed by atoms with E-state index in [9.17, 15) is 18.0 Å². The summed E-state index contributed by atoms with van der Waals surface area (Å²) in [5.41, 5.74) is 1.08. The predicted molar refractivity (Wildman–Crippen MR) is 75.8 cm³/mol. The quantitative estimate of drug-likeness (QED) is 0.927. The van der Waals surface area contributed by atoms with Crippen molar-refractivity contribution in [1.29, 1.82) is 0 Å². The fraction of sp³-hybridized carbons (Fsp3) is 0.533. The van der Waals surface area contributed by atoms with Gasteiger partial charge in [0, 0.05) is 32.2 Å². The molecule has 1 saturated heterocycles. The molecule has 1 aliphatic heterocycles. The second-order valence-electron chi connectivity index (χ2n) is 5.68. The molecule has 0 amide bonds. The maximum absolute atomic E-state index is 12.5. The van der Waals surface area contributed by atoms with Gasteiger partial charge in [0.25, 0.3) is 0 Å². The summed E-state index contributed by atoms with van der Waals surface area (Å²) in [5.74, 6) is -0.981. The summed E-state index contributed by atoms with van der Waals surface area (Å²) >= 11 is 0. The summed E-state index contributed by atoms with van der Waals surface area (Å²) in [6.07, 6.45) is -4.17. The first-order valence-corrected chi connectivity index (χ1v) is 7.10. The maximum atomic E-state index is 12.5. The number of rotatable bonds is 4.